The molecule has 0 unspecified atom stereocenters. The van der Waals surface area contributed by atoms with Crippen LogP contribution in [0.4, 0.5) is 0 Å². The van der Waals surface area contributed by atoms with Crippen molar-refractivity contribution in [3.05, 3.63) is 0 Å². The molecule has 0 radical (unpaired) electrons. The number of esters is 1. The van der Waals surface area contributed by atoms with Crippen molar-refractivity contribution in [2.45, 2.75) is 45.6 Å². The van der Waals surface area contributed by atoms with E-state index >= 15 is 0 Å². The normalized spacial score (nSPS) is 23.8. The smallest absolute Gasteiger partial charge is 0.328 e. The van der Waals surface area contributed by atoms with Gasteiger partial charge in [-0.1, -0.05) is 13.8 Å². The molecule has 1 rings (SSSR count). The Labute approximate surface area is 96.9 Å². The van der Waals surface area contributed by atoms with Gasteiger partial charge in [-0.25, -0.2) is 4.79 Å². The molecule has 1 amide bonds. The van der Waals surface area contributed by atoms with Crippen molar-refractivity contribution in [2.24, 2.45) is 5.92 Å². The van der Waals surface area contributed by atoms with E-state index in [2.05, 4.69) is 6.92 Å². The molecule has 0 aromatic rings. The highest BCUT2D eigenvalue weighted by Crippen LogP contribution is 2.20. The van der Waals surface area contributed by atoms with Gasteiger partial charge in [0, 0.05) is 13.0 Å². The molecule has 1 fully saturated rings. The van der Waals surface area contributed by atoms with Crippen molar-refractivity contribution in [3.63, 3.8) is 0 Å². The molecule has 0 saturated carbocycles. The van der Waals surface area contributed by atoms with Gasteiger partial charge < -0.3 is 9.64 Å². The molecule has 16 heavy (non-hydrogen) atoms. The quantitative estimate of drug-likeness (QED) is 0.688. The SMILES string of the molecule is CC[C@@H](C(=O)OC)N1C[C@H](C)CCCC1=O. The molecule has 4 heteroatoms. The Bertz CT molecular complexity index is 265. The summed E-state index contributed by atoms with van der Waals surface area (Å²) in [4.78, 5) is 25.2. The van der Waals surface area contributed by atoms with Crippen LogP contribution in [-0.2, 0) is 14.3 Å². The summed E-state index contributed by atoms with van der Waals surface area (Å²) in [6.07, 6.45) is 3.15. The molecular formula is C12H21NO3. The van der Waals surface area contributed by atoms with Crippen molar-refractivity contribution in [1.82, 2.24) is 4.90 Å². The number of carbonyl (C=O) groups is 2. The molecule has 1 aliphatic heterocycles. The lowest BCUT2D eigenvalue weighted by Crippen LogP contribution is -2.46. The van der Waals surface area contributed by atoms with Gasteiger partial charge in [0.15, 0.2) is 0 Å². The predicted octanol–water partition coefficient (Wildman–Crippen LogP) is 1.59. The molecule has 92 valence electrons. The lowest BCUT2D eigenvalue weighted by Gasteiger charge is -2.29. The zero-order chi connectivity index (χ0) is 12.1. The van der Waals surface area contributed by atoms with E-state index in [0.29, 0.717) is 25.3 Å². The average Bonchev–Trinajstić information content (AvgIpc) is 2.42. The van der Waals surface area contributed by atoms with Crippen LogP contribution in [0.25, 0.3) is 0 Å². The standard InChI is InChI=1S/C12H21NO3/c1-4-10(12(15)16-3)13-8-9(2)6-5-7-11(13)14/h9-10H,4-8H2,1-3H3/t9-,10+/m1/s1. The number of hydrogen-bond acceptors (Lipinski definition) is 3. The van der Waals surface area contributed by atoms with E-state index in [1.165, 1.54) is 7.11 Å². The molecule has 0 spiro atoms. The summed E-state index contributed by atoms with van der Waals surface area (Å²) in [6.45, 7) is 4.70. The minimum atomic E-state index is -0.405. The van der Waals surface area contributed by atoms with Crippen LogP contribution in [0.3, 0.4) is 0 Å². The number of nitrogens with zero attached hydrogens (tertiary/aromatic N) is 1. The molecule has 0 N–H and O–H groups in total. The predicted molar refractivity (Wildman–Crippen MR) is 60.8 cm³/mol. The Morgan fingerprint density at radius 2 is 2.31 bits per heavy atom. The first-order valence-corrected chi connectivity index (χ1v) is 5.97. The molecule has 1 saturated heterocycles. The molecule has 4 nitrogen and oxygen atoms in total. The highest BCUT2D eigenvalue weighted by molar-refractivity contribution is 5.84. The van der Waals surface area contributed by atoms with E-state index in [1.807, 2.05) is 6.92 Å². The molecule has 1 aliphatic rings. The molecule has 0 bridgehead atoms. The van der Waals surface area contributed by atoms with Crippen molar-refractivity contribution < 1.29 is 14.3 Å². The summed E-state index contributed by atoms with van der Waals surface area (Å²) in [5.41, 5.74) is 0. The minimum absolute atomic E-state index is 0.0848. The largest absolute Gasteiger partial charge is 0.467 e. The first kappa shape index (κ1) is 13.0. The van der Waals surface area contributed by atoms with Gasteiger partial charge in [0.1, 0.15) is 6.04 Å². The summed E-state index contributed by atoms with van der Waals surface area (Å²) in [7, 11) is 1.37. The summed E-state index contributed by atoms with van der Waals surface area (Å²) in [6, 6.07) is -0.405. The van der Waals surface area contributed by atoms with Crippen LogP contribution in [0, 0.1) is 5.92 Å². The van der Waals surface area contributed by atoms with Gasteiger partial charge in [-0.05, 0) is 25.2 Å². The van der Waals surface area contributed by atoms with Crippen LogP contribution in [-0.4, -0.2) is 36.5 Å². The zero-order valence-electron chi connectivity index (χ0n) is 10.4. The van der Waals surface area contributed by atoms with Gasteiger partial charge in [-0.15, -0.1) is 0 Å². The van der Waals surface area contributed by atoms with E-state index in [4.69, 9.17) is 4.74 Å². The van der Waals surface area contributed by atoms with Crippen LogP contribution >= 0.6 is 0 Å². The molecule has 0 aromatic carbocycles. The Morgan fingerprint density at radius 3 is 2.88 bits per heavy atom. The fourth-order valence-corrected chi connectivity index (χ4v) is 2.23. The lowest BCUT2D eigenvalue weighted by molar-refractivity contribution is -0.153. The van der Waals surface area contributed by atoms with Crippen molar-refractivity contribution in [3.8, 4) is 0 Å². The van der Waals surface area contributed by atoms with Crippen molar-refractivity contribution in [1.29, 1.82) is 0 Å². The maximum atomic E-state index is 11.9. The fourth-order valence-electron chi connectivity index (χ4n) is 2.23. The number of hydrogen-bond donors (Lipinski definition) is 0. The topological polar surface area (TPSA) is 46.6 Å². The van der Waals surface area contributed by atoms with Gasteiger partial charge in [-0.2, -0.15) is 0 Å². The first-order chi connectivity index (χ1) is 7.60. The highest BCUT2D eigenvalue weighted by Gasteiger charge is 2.31. The van der Waals surface area contributed by atoms with E-state index in [-0.39, 0.29) is 11.9 Å². The maximum absolute atomic E-state index is 11.9. The third-order valence-corrected chi connectivity index (χ3v) is 3.15. The second kappa shape index (κ2) is 5.87. The van der Waals surface area contributed by atoms with Crippen LogP contribution in [0.2, 0.25) is 0 Å². The summed E-state index contributed by atoms with van der Waals surface area (Å²) in [5.74, 6) is 0.247. The number of amides is 1. The highest BCUT2D eigenvalue weighted by atomic mass is 16.5. The second-order valence-corrected chi connectivity index (χ2v) is 4.49. The maximum Gasteiger partial charge on any atom is 0.328 e. The first-order valence-electron chi connectivity index (χ1n) is 5.97. The minimum Gasteiger partial charge on any atom is -0.467 e. The van der Waals surface area contributed by atoms with E-state index in [0.717, 1.165) is 12.8 Å². The number of methoxy groups -OCH3 is 1. The lowest BCUT2D eigenvalue weighted by atomic mass is 10.1. The van der Waals surface area contributed by atoms with Gasteiger partial charge in [0.2, 0.25) is 5.91 Å². The van der Waals surface area contributed by atoms with E-state index in [9.17, 15) is 9.59 Å². The molecule has 2 atom stereocenters. The number of ether oxygens (including phenoxy) is 1. The molecule has 0 aromatic heterocycles. The third kappa shape index (κ3) is 2.97. The summed E-state index contributed by atoms with van der Waals surface area (Å²) < 4.78 is 4.75. The van der Waals surface area contributed by atoms with Crippen LogP contribution < -0.4 is 0 Å². The Morgan fingerprint density at radius 1 is 1.62 bits per heavy atom. The zero-order valence-corrected chi connectivity index (χ0v) is 10.4. The van der Waals surface area contributed by atoms with Gasteiger partial charge >= 0.3 is 5.97 Å². The molecule has 1 heterocycles. The van der Waals surface area contributed by atoms with Crippen LogP contribution in [0.5, 0.6) is 0 Å². The van der Waals surface area contributed by atoms with Gasteiger partial charge in [0.25, 0.3) is 0 Å². The summed E-state index contributed by atoms with van der Waals surface area (Å²) in [5, 5.41) is 0. The summed E-state index contributed by atoms with van der Waals surface area (Å²) >= 11 is 0. The van der Waals surface area contributed by atoms with Crippen molar-refractivity contribution >= 4 is 11.9 Å². The molecular weight excluding hydrogens is 206 g/mol. The van der Waals surface area contributed by atoms with Crippen LogP contribution in [0.1, 0.15) is 39.5 Å². The van der Waals surface area contributed by atoms with Gasteiger partial charge in [0.05, 0.1) is 7.11 Å². The number of rotatable bonds is 3. The van der Waals surface area contributed by atoms with Crippen LogP contribution in [0.15, 0.2) is 0 Å². The third-order valence-electron chi connectivity index (χ3n) is 3.15. The second-order valence-electron chi connectivity index (χ2n) is 4.49. The Hall–Kier alpha value is -1.06. The Balaban J connectivity index is 2.79. The van der Waals surface area contributed by atoms with Gasteiger partial charge in [-0.3, -0.25) is 4.79 Å². The number of carbonyl (C=O) groups excluding carboxylic acids is 2. The average molecular weight is 227 g/mol. The molecule has 0 aliphatic carbocycles. The fraction of sp³-hybridized carbons (Fsp3) is 0.833. The Kier molecular flexibility index (Phi) is 4.77. The van der Waals surface area contributed by atoms with E-state index < -0.39 is 6.04 Å². The number of likely N-dealkylation sites (tertiary alicyclic amines) is 1. The van der Waals surface area contributed by atoms with E-state index in [1.54, 1.807) is 4.90 Å². The monoisotopic (exact) mass is 227 g/mol. The van der Waals surface area contributed by atoms with Crippen molar-refractivity contribution in [2.75, 3.05) is 13.7 Å².